The molecule has 1 aromatic carbocycles. The Kier molecular flexibility index (Phi) is 4.89. The summed E-state index contributed by atoms with van der Waals surface area (Å²) < 4.78 is 2.57. The summed E-state index contributed by atoms with van der Waals surface area (Å²) in [6.45, 7) is 3.69. The molecule has 148 valence electrons. The number of fused-ring (bicyclic) bond motifs is 1. The van der Waals surface area contributed by atoms with Gasteiger partial charge < -0.3 is 5.32 Å². The number of H-pyrrole nitrogens is 1. The summed E-state index contributed by atoms with van der Waals surface area (Å²) >= 11 is 1.13. The van der Waals surface area contributed by atoms with E-state index in [4.69, 9.17) is 0 Å². The van der Waals surface area contributed by atoms with Gasteiger partial charge in [-0.25, -0.2) is 4.79 Å². The van der Waals surface area contributed by atoms with Crippen molar-refractivity contribution in [2.75, 3.05) is 0 Å². The molecule has 1 unspecified atom stereocenters. The highest BCUT2D eigenvalue weighted by atomic mass is 32.1. The molecule has 4 aromatic rings. The molecule has 29 heavy (non-hydrogen) atoms. The summed E-state index contributed by atoms with van der Waals surface area (Å²) in [5.41, 5.74) is 1.33. The first-order chi connectivity index (χ1) is 14.0. The van der Waals surface area contributed by atoms with Crippen molar-refractivity contribution < 1.29 is 4.79 Å². The molecule has 0 saturated heterocycles. The molecule has 3 aromatic heterocycles. The van der Waals surface area contributed by atoms with Crippen LogP contribution in [0.25, 0.3) is 4.83 Å². The Morgan fingerprint density at radius 1 is 1.28 bits per heavy atom. The number of aromatic amines is 1. The third-order valence-corrected chi connectivity index (χ3v) is 5.98. The van der Waals surface area contributed by atoms with Crippen molar-refractivity contribution in [2.24, 2.45) is 0 Å². The smallest absolute Gasteiger partial charge is 0.336 e. The van der Waals surface area contributed by atoms with Gasteiger partial charge in [-0.1, -0.05) is 30.3 Å². The highest BCUT2D eigenvalue weighted by molar-refractivity contribution is 7.19. The predicted octanol–water partition coefficient (Wildman–Crippen LogP) is 2.09. The van der Waals surface area contributed by atoms with Crippen LogP contribution in [0.3, 0.4) is 0 Å². The average molecular weight is 409 g/mol. The summed E-state index contributed by atoms with van der Waals surface area (Å²) in [6.07, 6.45) is 4.84. The molecule has 3 heterocycles. The standard InChI is InChI=1S/C20H19N5O3S/c1-12-18(27)24(10-14-6-4-3-5-7-14)20(28)25-11-16(29-19(12)25)17(26)23-13(2)15-8-21-22-9-15/h3-9,11,13H,10H2,1-2H3,(H,21,22)(H,23,26). The Morgan fingerprint density at radius 3 is 2.72 bits per heavy atom. The van der Waals surface area contributed by atoms with E-state index in [9.17, 15) is 14.4 Å². The van der Waals surface area contributed by atoms with Crippen molar-refractivity contribution in [1.29, 1.82) is 0 Å². The second-order valence-electron chi connectivity index (χ2n) is 6.78. The molecule has 0 bridgehead atoms. The van der Waals surface area contributed by atoms with Gasteiger partial charge in [-0.15, -0.1) is 11.3 Å². The largest absolute Gasteiger partial charge is 0.345 e. The van der Waals surface area contributed by atoms with Gasteiger partial charge in [-0.2, -0.15) is 5.10 Å². The van der Waals surface area contributed by atoms with Crippen LogP contribution in [-0.4, -0.2) is 25.1 Å². The topological polar surface area (TPSA) is 101 Å². The lowest BCUT2D eigenvalue weighted by atomic mass is 10.2. The molecule has 9 heteroatoms. The first-order valence-corrected chi connectivity index (χ1v) is 9.86. The molecular weight excluding hydrogens is 390 g/mol. The first kappa shape index (κ1) is 18.9. The Morgan fingerprint density at radius 2 is 2.03 bits per heavy atom. The number of aryl methyl sites for hydroxylation is 1. The third-order valence-electron chi connectivity index (χ3n) is 4.77. The Balaban J connectivity index is 1.71. The quantitative estimate of drug-likeness (QED) is 0.527. The molecule has 0 fully saturated rings. The number of aromatic nitrogens is 4. The van der Waals surface area contributed by atoms with E-state index in [1.165, 1.54) is 15.2 Å². The maximum absolute atomic E-state index is 12.9. The summed E-state index contributed by atoms with van der Waals surface area (Å²) in [7, 11) is 0. The Hall–Kier alpha value is -3.46. The summed E-state index contributed by atoms with van der Waals surface area (Å²) in [5, 5.41) is 9.47. The second kappa shape index (κ2) is 7.51. The molecule has 0 spiro atoms. The number of hydrogen-bond acceptors (Lipinski definition) is 5. The Bertz CT molecular complexity index is 1290. The van der Waals surface area contributed by atoms with E-state index < -0.39 is 5.69 Å². The number of carbonyl (C=O) groups excluding carboxylic acids is 1. The van der Waals surface area contributed by atoms with Crippen LogP contribution in [0.1, 0.15) is 39.3 Å². The maximum Gasteiger partial charge on any atom is 0.336 e. The van der Waals surface area contributed by atoms with Crippen LogP contribution in [-0.2, 0) is 6.54 Å². The molecule has 1 atom stereocenters. The molecule has 0 radical (unpaired) electrons. The number of thiazole rings is 1. The van der Waals surface area contributed by atoms with Gasteiger partial charge in [0, 0.05) is 23.5 Å². The molecule has 4 rings (SSSR count). The van der Waals surface area contributed by atoms with Crippen molar-refractivity contribution in [2.45, 2.75) is 26.4 Å². The maximum atomic E-state index is 12.9. The van der Waals surface area contributed by atoms with E-state index in [1.54, 1.807) is 19.3 Å². The van der Waals surface area contributed by atoms with Gasteiger partial charge in [0.05, 0.1) is 18.8 Å². The van der Waals surface area contributed by atoms with Crippen LogP contribution < -0.4 is 16.6 Å². The number of rotatable bonds is 5. The van der Waals surface area contributed by atoms with Crippen molar-refractivity contribution in [1.82, 2.24) is 24.5 Å². The van der Waals surface area contributed by atoms with Gasteiger partial charge in [0.1, 0.15) is 9.71 Å². The second-order valence-corrected chi connectivity index (χ2v) is 7.81. The molecule has 0 aliphatic carbocycles. The first-order valence-electron chi connectivity index (χ1n) is 9.04. The molecule has 0 saturated carbocycles. The van der Waals surface area contributed by atoms with Gasteiger partial charge >= 0.3 is 5.69 Å². The van der Waals surface area contributed by atoms with Crippen LogP contribution in [0, 0.1) is 6.92 Å². The number of nitrogens with one attached hydrogen (secondary N) is 2. The fourth-order valence-corrected chi connectivity index (χ4v) is 4.11. The van der Waals surface area contributed by atoms with E-state index >= 15 is 0 Å². The van der Waals surface area contributed by atoms with Crippen molar-refractivity contribution >= 4 is 22.1 Å². The predicted molar refractivity (Wildman–Crippen MR) is 111 cm³/mol. The molecular formula is C20H19N5O3S. The zero-order chi connectivity index (χ0) is 20.5. The van der Waals surface area contributed by atoms with E-state index in [1.807, 2.05) is 37.3 Å². The number of hydrogen-bond donors (Lipinski definition) is 2. The van der Waals surface area contributed by atoms with Crippen LogP contribution >= 0.6 is 11.3 Å². The lowest BCUT2D eigenvalue weighted by Gasteiger charge is -2.10. The van der Waals surface area contributed by atoms with Crippen molar-refractivity contribution in [3.8, 4) is 0 Å². The molecule has 8 nitrogen and oxygen atoms in total. The lowest BCUT2D eigenvalue weighted by molar-refractivity contribution is 0.0943. The van der Waals surface area contributed by atoms with Crippen LogP contribution in [0.5, 0.6) is 0 Å². The Labute approximate surface area is 169 Å². The van der Waals surface area contributed by atoms with E-state index in [0.29, 0.717) is 15.3 Å². The summed E-state index contributed by atoms with van der Waals surface area (Å²) in [6, 6.07) is 9.07. The fourth-order valence-electron chi connectivity index (χ4n) is 3.12. The minimum atomic E-state index is -0.461. The van der Waals surface area contributed by atoms with Crippen LogP contribution in [0.15, 0.2) is 58.5 Å². The van der Waals surface area contributed by atoms with Gasteiger partial charge in [-0.3, -0.25) is 23.7 Å². The number of benzene rings is 1. The monoisotopic (exact) mass is 409 g/mol. The highest BCUT2D eigenvalue weighted by Crippen LogP contribution is 2.19. The average Bonchev–Trinajstić information content (AvgIpc) is 3.41. The fraction of sp³-hybridized carbons (Fsp3) is 0.200. The zero-order valence-corrected chi connectivity index (χ0v) is 16.7. The van der Waals surface area contributed by atoms with Gasteiger partial charge in [0.15, 0.2) is 0 Å². The SMILES string of the molecule is Cc1c(=O)n(Cc2ccccc2)c(=O)n2cc(C(=O)NC(C)c3cn[nH]c3)sc12. The van der Waals surface area contributed by atoms with Crippen molar-refractivity contribution in [3.05, 3.63) is 91.3 Å². The molecule has 1 amide bonds. The number of carbonyl (C=O) groups is 1. The lowest BCUT2D eigenvalue weighted by Crippen LogP contribution is -2.38. The zero-order valence-electron chi connectivity index (χ0n) is 15.9. The minimum Gasteiger partial charge on any atom is -0.345 e. The highest BCUT2D eigenvalue weighted by Gasteiger charge is 2.19. The molecule has 0 aliphatic rings. The number of nitrogens with zero attached hydrogens (tertiary/aromatic N) is 3. The van der Waals surface area contributed by atoms with Gasteiger partial charge in [0.2, 0.25) is 0 Å². The van der Waals surface area contributed by atoms with Gasteiger partial charge in [-0.05, 0) is 19.4 Å². The van der Waals surface area contributed by atoms with E-state index in [0.717, 1.165) is 22.5 Å². The van der Waals surface area contributed by atoms with E-state index in [2.05, 4.69) is 15.5 Å². The molecule has 2 N–H and O–H groups in total. The number of amides is 1. The minimum absolute atomic E-state index is 0.178. The normalized spacial score (nSPS) is 12.2. The van der Waals surface area contributed by atoms with Crippen LogP contribution in [0.4, 0.5) is 0 Å². The van der Waals surface area contributed by atoms with Crippen molar-refractivity contribution in [3.63, 3.8) is 0 Å². The van der Waals surface area contributed by atoms with Crippen LogP contribution in [0.2, 0.25) is 0 Å². The summed E-state index contributed by atoms with van der Waals surface area (Å²) in [4.78, 5) is 39.2. The summed E-state index contributed by atoms with van der Waals surface area (Å²) in [5.74, 6) is -0.312. The third kappa shape index (κ3) is 3.52. The van der Waals surface area contributed by atoms with E-state index in [-0.39, 0.29) is 24.1 Å². The van der Waals surface area contributed by atoms with Gasteiger partial charge in [0.25, 0.3) is 11.5 Å². The molecule has 0 aliphatic heterocycles.